The van der Waals surface area contributed by atoms with E-state index < -0.39 is 0 Å². The maximum absolute atomic E-state index is 11.9. The fourth-order valence-electron chi connectivity index (χ4n) is 2.13. The second-order valence-corrected chi connectivity index (χ2v) is 4.47. The molecule has 1 aromatic carbocycles. The molecule has 0 saturated heterocycles. The minimum atomic E-state index is -0.229. The molecule has 0 atom stereocenters. The molecule has 0 radical (unpaired) electrons. The van der Waals surface area contributed by atoms with Crippen LogP contribution in [-0.4, -0.2) is 4.57 Å². The zero-order valence-electron chi connectivity index (χ0n) is 10.2. The highest BCUT2D eigenvalue weighted by atomic mass is 16.1. The van der Waals surface area contributed by atoms with E-state index in [0.29, 0.717) is 5.92 Å². The van der Waals surface area contributed by atoms with Crippen molar-refractivity contribution in [1.82, 2.24) is 4.57 Å². The molecule has 0 aliphatic rings. The molecule has 0 unspecified atom stereocenters. The number of benzene rings is 1. The molecule has 0 saturated carbocycles. The van der Waals surface area contributed by atoms with Gasteiger partial charge in [0.05, 0.1) is 5.52 Å². The van der Waals surface area contributed by atoms with Gasteiger partial charge in [-0.25, -0.2) is 0 Å². The summed E-state index contributed by atoms with van der Waals surface area (Å²) in [6, 6.07) is 9.53. The molecular formula is C14H14N2O. The van der Waals surface area contributed by atoms with E-state index in [1.807, 2.05) is 24.3 Å². The van der Waals surface area contributed by atoms with Crippen LogP contribution in [-0.2, 0) is 7.05 Å². The normalized spacial score (nSPS) is 10.8. The Morgan fingerprint density at radius 2 is 2.06 bits per heavy atom. The predicted molar refractivity (Wildman–Crippen MR) is 68.0 cm³/mol. The zero-order valence-corrected chi connectivity index (χ0v) is 10.2. The number of aromatic nitrogens is 1. The number of pyridine rings is 1. The smallest absolute Gasteiger partial charge is 0.268 e. The Balaban J connectivity index is 2.99. The van der Waals surface area contributed by atoms with Crippen LogP contribution in [0.2, 0.25) is 0 Å². The molecule has 2 rings (SSSR count). The molecule has 0 spiro atoms. The lowest BCUT2D eigenvalue weighted by Crippen LogP contribution is -2.20. The van der Waals surface area contributed by atoms with Gasteiger partial charge < -0.3 is 4.57 Å². The van der Waals surface area contributed by atoms with Gasteiger partial charge in [-0.15, -0.1) is 0 Å². The van der Waals surface area contributed by atoms with Crippen molar-refractivity contribution in [3.8, 4) is 6.07 Å². The van der Waals surface area contributed by atoms with Crippen LogP contribution in [0.1, 0.15) is 30.9 Å². The summed E-state index contributed by atoms with van der Waals surface area (Å²) in [5, 5.41) is 9.86. The van der Waals surface area contributed by atoms with Crippen molar-refractivity contribution in [3.05, 3.63) is 45.7 Å². The summed E-state index contributed by atoms with van der Waals surface area (Å²) in [6.07, 6.45) is 0. The van der Waals surface area contributed by atoms with Crippen molar-refractivity contribution in [2.75, 3.05) is 0 Å². The van der Waals surface area contributed by atoms with Crippen LogP contribution in [0, 0.1) is 11.3 Å². The summed E-state index contributed by atoms with van der Waals surface area (Å²) in [5.74, 6) is 0.345. The van der Waals surface area contributed by atoms with E-state index in [4.69, 9.17) is 5.26 Å². The average Bonchev–Trinajstić information content (AvgIpc) is 2.32. The summed E-state index contributed by atoms with van der Waals surface area (Å²) >= 11 is 0. The SMILES string of the molecule is CC(C)c1cccc2cc(C#N)c(=O)n(C)c12. The Kier molecular flexibility index (Phi) is 2.72. The molecule has 0 fully saturated rings. The largest absolute Gasteiger partial charge is 0.310 e. The maximum atomic E-state index is 11.9. The summed E-state index contributed by atoms with van der Waals surface area (Å²) in [4.78, 5) is 11.9. The average molecular weight is 226 g/mol. The van der Waals surface area contributed by atoms with Crippen molar-refractivity contribution in [3.63, 3.8) is 0 Å². The second-order valence-electron chi connectivity index (χ2n) is 4.47. The monoisotopic (exact) mass is 226 g/mol. The van der Waals surface area contributed by atoms with Gasteiger partial charge in [0, 0.05) is 12.4 Å². The molecule has 0 N–H and O–H groups in total. The van der Waals surface area contributed by atoms with Gasteiger partial charge in [0.15, 0.2) is 0 Å². The number of hydrogen-bond acceptors (Lipinski definition) is 2. The lowest BCUT2D eigenvalue weighted by Gasteiger charge is -2.13. The van der Waals surface area contributed by atoms with Crippen LogP contribution in [0.5, 0.6) is 0 Å². The third-order valence-corrected chi connectivity index (χ3v) is 3.01. The highest BCUT2D eigenvalue weighted by molar-refractivity contribution is 5.83. The predicted octanol–water partition coefficient (Wildman–Crippen LogP) is 2.53. The van der Waals surface area contributed by atoms with E-state index >= 15 is 0 Å². The molecule has 17 heavy (non-hydrogen) atoms. The van der Waals surface area contributed by atoms with E-state index in [2.05, 4.69) is 13.8 Å². The highest BCUT2D eigenvalue weighted by Crippen LogP contribution is 2.24. The second kappa shape index (κ2) is 4.06. The number of para-hydroxylation sites is 1. The maximum Gasteiger partial charge on any atom is 0.268 e. The van der Waals surface area contributed by atoms with Gasteiger partial charge in [-0.05, 0) is 17.5 Å². The van der Waals surface area contributed by atoms with E-state index in [1.165, 1.54) is 0 Å². The minimum absolute atomic E-state index is 0.195. The first-order chi connectivity index (χ1) is 8.06. The number of rotatable bonds is 1. The Hall–Kier alpha value is -2.08. The van der Waals surface area contributed by atoms with Crippen LogP contribution < -0.4 is 5.56 Å². The van der Waals surface area contributed by atoms with Gasteiger partial charge >= 0.3 is 0 Å². The fraction of sp³-hybridized carbons (Fsp3) is 0.286. The Morgan fingerprint density at radius 3 is 2.65 bits per heavy atom. The van der Waals surface area contributed by atoms with Crippen LogP contribution in [0.15, 0.2) is 29.1 Å². The number of fused-ring (bicyclic) bond motifs is 1. The topological polar surface area (TPSA) is 45.8 Å². The van der Waals surface area contributed by atoms with Crippen molar-refractivity contribution in [2.45, 2.75) is 19.8 Å². The van der Waals surface area contributed by atoms with E-state index in [9.17, 15) is 4.79 Å². The zero-order chi connectivity index (χ0) is 12.6. The first-order valence-electron chi connectivity index (χ1n) is 5.59. The van der Waals surface area contributed by atoms with Crippen molar-refractivity contribution < 1.29 is 0 Å². The van der Waals surface area contributed by atoms with Gasteiger partial charge in [0.1, 0.15) is 11.6 Å². The van der Waals surface area contributed by atoms with Gasteiger partial charge in [0.2, 0.25) is 0 Å². The summed E-state index contributed by atoms with van der Waals surface area (Å²) in [6.45, 7) is 4.19. The molecular weight excluding hydrogens is 212 g/mol. The molecule has 0 bridgehead atoms. The molecule has 86 valence electrons. The Morgan fingerprint density at radius 1 is 1.35 bits per heavy atom. The van der Waals surface area contributed by atoms with Gasteiger partial charge in [-0.3, -0.25) is 4.79 Å². The minimum Gasteiger partial charge on any atom is -0.310 e. The fourth-order valence-corrected chi connectivity index (χ4v) is 2.13. The molecule has 0 aliphatic carbocycles. The number of aryl methyl sites for hydroxylation is 1. The van der Waals surface area contributed by atoms with E-state index in [1.54, 1.807) is 17.7 Å². The Labute approximate surface area is 99.9 Å². The van der Waals surface area contributed by atoms with Crippen molar-refractivity contribution >= 4 is 10.9 Å². The van der Waals surface area contributed by atoms with Crippen LogP contribution in [0.3, 0.4) is 0 Å². The molecule has 1 heterocycles. The third-order valence-electron chi connectivity index (χ3n) is 3.01. The number of hydrogen-bond donors (Lipinski definition) is 0. The van der Waals surface area contributed by atoms with Gasteiger partial charge in [-0.2, -0.15) is 5.26 Å². The number of nitrogens with zero attached hydrogens (tertiary/aromatic N) is 2. The lowest BCUT2D eigenvalue weighted by atomic mass is 9.99. The summed E-state index contributed by atoms with van der Waals surface area (Å²) < 4.78 is 1.57. The van der Waals surface area contributed by atoms with E-state index in [-0.39, 0.29) is 11.1 Å². The molecule has 0 aliphatic heterocycles. The quantitative estimate of drug-likeness (QED) is 0.750. The molecule has 2 aromatic rings. The lowest BCUT2D eigenvalue weighted by molar-refractivity contribution is 0.839. The standard InChI is InChI=1S/C14H14N2O/c1-9(2)12-6-4-5-10-7-11(8-15)14(17)16(3)13(10)12/h4-7,9H,1-3H3. The molecule has 3 nitrogen and oxygen atoms in total. The van der Waals surface area contributed by atoms with Crippen LogP contribution >= 0.6 is 0 Å². The molecule has 3 heteroatoms. The third kappa shape index (κ3) is 1.72. The van der Waals surface area contributed by atoms with Gasteiger partial charge in [-0.1, -0.05) is 32.0 Å². The van der Waals surface area contributed by atoms with Crippen LogP contribution in [0.4, 0.5) is 0 Å². The molecule has 0 amide bonds. The number of nitriles is 1. The summed E-state index contributed by atoms with van der Waals surface area (Å²) in [5.41, 5.74) is 2.02. The van der Waals surface area contributed by atoms with E-state index in [0.717, 1.165) is 16.5 Å². The Bertz CT molecular complexity index is 675. The van der Waals surface area contributed by atoms with Crippen LogP contribution in [0.25, 0.3) is 10.9 Å². The first kappa shape index (κ1) is 11.4. The molecule has 1 aromatic heterocycles. The first-order valence-corrected chi connectivity index (χ1v) is 5.59. The van der Waals surface area contributed by atoms with Crippen molar-refractivity contribution in [2.24, 2.45) is 7.05 Å². The van der Waals surface area contributed by atoms with Gasteiger partial charge in [0.25, 0.3) is 5.56 Å². The summed E-state index contributed by atoms with van der Waals surface area (Å²) in [7, 11) is 1.72. The van der Waals surface area contributed by atoms with Crippen molar-refractivity contribution in [1.29, 1.82) is 5.26 Å². The highest BCUT2D eigenvalue weighted by Gasteiger charge is 2.11.